The second kappa shape index (κ2) is 6.33. The number of fused-ring (bicyclic) bond motifs is 1. The van der Waals surface area contributed by atoms with Gasteiger partial charge in [0.25, 0.3) is 0 Å². The molecular weight excluding hydrogens is 388 g/mol. The maximum absolute atomic E-state index is 3.86. The third kappa shape index (κ3) is 3.07. The maximum atomic E-state index is 3.86. The Labute approximate surface area is 142 Å². The fourth-order valence-corrected chi connectivity index (χ4v) is 4.26. The summed E-state index contributed by atoms with van der Waals surface area (Å²) in [5.41, 5.74) is 3.96. The first-order chi connectivity index (χ1) is 10.2. The lowest BCUT2D eigenvalue weighted by molar-refractivity contribution is 0.948. The molecule has 106 valence electrons. The second-order valence-corrected chi connectivity index (χ2v) is 7.19. The Hall–Kier alpha value is -1.12. The summed E-state index contributed by atoms with van der Waals surface area (Å²) in [6.07, 6.45) is 0.976. The molecule has 0 amide bonds. The SMILES string of the molecule is Cc1cccc(C(Br)Cc2cccc3ccccc23)c1Br. The molecule has 0 aliphatic carbocycles. The van der Waals surface area contributed by atoms with Gasteiger partial charge >= 0.3 is 0 Å². The Balaban J connectivity index is 1.97. The zero-order chi connectivity index (χ0) is 14.8. The van der Waals surface area contributed by atoms with Crippen molar-refractivity contribution < 1.29 is 0 Å². The highest BCUT2D eigenvalue weighted by Crippen LogP contribution is 2.35. The van der Waals surface area contributed by atoms with Crippen LogP contribution in [0, 0.1) is 6.92 Å². The van der Waals surface area contributed by atoms with Crippen molar-refractivity contribution in [3.8, 4) is 0 Å². The normalized spacial score (nSPS) is 12.5. The molecule has 0 N–H and O–H groups in total. The molecule has 0 fully saturated rings. The third-order valence-corrected chi connectivity index (χ3v) is 5.74. The minimum absolute atomic E-state index is 0.303. The summed E-state index contributed by atoms with van der Waals surface area (Å²) >= 11 is 7.58. The molecule has 21 heavy (non-hydrogen) atoms. The molecular formula is C19H16Br2. The molecule has 0 spiro atoms. The molecule has 1 unspecified atom stereocenters. The third-order valence-electron chi connectivity index (χ3n) is 3.84. The van der Waals surface area contributed by atoms with Crippen LogP contribution in [0.5, 0.6) is 0 Å². The van der Waals surface area contributed by atoms with Crippen molar-refractivity contribution >= 4 is 42.6 Å². The summed E-state index contributed by atoms with van der Waals surface area (Å²) in [5, 5.41) is 2.64. The van der Waals surface area contributed by atoms with E-state index in [9.17, 15) is 0 Å². The van der Waals surface area contributed by atoms with E-state index in [4.69, 9.17) is 0 Å². The van der Waals surface area contributed by atoms with Crippen molar-refractivity contribution in [3.63, 3.8) is 0 Å². The van der Waals surface area contributed by atoms with Crippen LogP contribution in [0.25, 0.3) is 10.8 Å². The van der Waals surface area contributed by atoms with Crippen LogP contribution in [0.2, 0.25) is 0 Å². The van der Waals surface area contributed by atoms with E-state index >= 15 is 0 Å². The van der Waals surface area contributed by atoms with Gasteiger partial charge in [-0.2, -0.15) is 0 Å². The Morgan fingerprint density at radius 2 is 1.62 bits per heavy atom. The Morgan fingerprint density at radius 1 is 0.905 bits per heavy atom. The lowest BCUT2D eigenvalue weighted by Gasteiger charge is -2.15. The molecule has 0 bridgehead atoms. The number of hydrogen-bond acceptors (Lipinski definition) is 0. The number of rotatable bonds is 3. The number of aryl methyl sites for hydroxylation is 1. The van der Waals surface area contributed by atoms with Crippen molar-refractivity contribution in [2.75, 3.05) is 0 Å². The molecule has 0 aliphatic rings. The molecule has 2 heteroatoms. The first-order valence-electron chi connectivity index (χ1n) is 7.02. The highest BCUT2D eigenvalue weighted by Gasteiger charge is 2.14. The van der Waals surface area contributed by atoms with Gasteiger partial charge in [0.1, 0.15) is 0 Å². The molecule has 1 atom stereocenters. The van der Waals surface area contributed by atoms with Crippen LogP contribution < -0.4 is 0 Å². The summed E-state index contributed by atoms with van der Waals surface area (Å²) in [5.74, 6) is 0. The Bertz CT molecular complexity index is 772. The minimum Gasteiger partial charge on any atom is -0.0835 e. The monoisotopic (exact) mass is 402 g/mol. The van der Waals surface area contributed by atoms with Gasteiger partial charge in [0, 0.05) is 9.30 Å². The van der Waals surface area contributed by atoms with Gasteiger partial charge in [-0.15, -0.1) is 0 Å². The summed E-state index contributed by atoms with van der Waals surface area (Å²) in [6.45, 7) is 2.13. The molecule has 3 aromatic rings. The van der Waals surface area contributed by atoms with Crippen LogP contribution in [-0.2, 0) is 6.42 Å². The standard InChI is InChI=1S/C19H16Br2/c1-13-6-4-11-17(19(13)21)18(20)12-15-9-5-8-14-7-2-3-10-16(14)15/h2-11,18H,12H2,1H3. The van der Waals surface area contributed by atoms with Crippen LogP contribution in [0.1, 0.15) is 21.5 Å². The maximum Gasteiger partial charge on any atom is 0.0447 e. The number of halogens is 2. The van der Waals surface area contributed by atoms with E-state index in [1.165, 1.54) is 31.9 Å². The van der Waals surface area contributed by atoms with E-state index in [1.54, 1.807) is 0 Å². The fourth-order valence-electron chi connectivity index (χ4n) is 2.69. The Morgan fingerprint density at radius 3 is 2.48 bits per heavy atom. The Kier molecular flexibility index (Phi) is 4.46. The van der Waals surface area contributed by atoms with Gasteiger partial charge in [0.2, 0.25) is 0 Å². The molecule has 0 saturated heterocycles. The minimum atomic E-state index is 0.303. The summed E-state index contributed by atoms with van der Waals surface area (Å²) in [6, 6.07) is 21.5. The molecule has 0 nitrogen and oxygen atoms in total. The first-order valence-corrected chi connectivity index (χ1v) is 8.73. The van der Waals surface area contributed by atoms with Gasteiger partial charge in [-0.25, -0.2) is 0 Å². The average molecular weight is 404 g/mol. The van der Waals surface area contributed by atoms with E-state index in [0.717, 1.165) is 6.42 Å². The van der Waals surface area contributed by atoms with Crippen LogP contribution in [-0.4, -0.2) is 0 Å². The van der Waals surface area contributed by atoms with Crippen molar-refractivity contribution in [1.29, 1.82) is 0 Å². The molecule has 0 heterocycles. The van der Waals surface area contributed by atoms with Gasteiger partial charge in [-0.05, 0) is 40.8 Å². The lowest BCUT2D eigenvalue weighted by Crippen LogP contribution is -1.98. The van der Waals surface area contributed by atoms with Gasteiger partial charge in [0.15, 0.2) is 0 Å². The van der Waals surface area contributed by atoms with Crippen molar-refractivity contribution in [2.45, 2.75) is 18.2 Å². The van der Waals surface area contributed by atoms with Gasteiger partial charge < -0.3 is 0 Å². The molecule has 0 aliphatic heterocycles. The van der Waals surface area contributed by atoms with Crippen LogP contribution in [0.4, 0.5) is 0 Å². The van der Waals surface area contributed by atoms with Gasteiger partial charge in [-0.3, -0.25) is 0 Å². The summed E-state index contributed by atoms with van der Waals surface area (Å²) < 4.78 is 1.20. The zero-order valence-electron chi connectivity index (χ0n) is 11.8. The van der Waals surface area contributed by atoms with Crippen LogP contribution in [0.3, 0.4) is 0 Å². The van der Waals surface area contributed by atoms with Gasteiger partial charge in [0.05, 0.1) is 0 Å². The van der Waals surface area contributed by atoms with E-state index < -0.39 is 0 Å². The van der Waals surface area contributed by atoms with Crippen molar-refractivity contribution in [2.24, 2.45) is 0 Å². The van der Waals surface area contributed by atoms with Crippen molar-refractivity contribution in [1.82, 2.24) is 0 Å². The van der Waals surface area contributed by atoms with Crippen LogP contribution >= 0.6 is 31.9 Å². The predicted molar refractivity (Wildman–Crippen MR) is 98.2 cm³/mol. The highest BCUT2D eigenvalue weighted by atomic mass is 79.9. The smallest absolute Gasteiger partial charge is 0.0447 e. The quantitative estimate of drug-likeness (QED) is 0.432. The van der Waals surface area contributed by atoms with E-state index in [0.29, 0.717) is 4.83 Å². The fraction of sp³-hybridized carbons (Fsp3) is 0.158. The molecule has 0 radical (unpaired) electrons. The molecule has 0 saturated carbocycles. The largest absolute Gasteiger partial charge is 0.0835 e. The second-order valence-electron chi connectivity index (χ2n) is 5.29. The van der Waals surface area contributed by atoms with Crippen molar-refractivity contribution in [3.05, 3.63) is 81.8 Å². The number of hydrogen-bond donors (Lipinski definition) is 0. The summed E-state index contributed by atoms with van der Waals surface area (Å²) in [4.78, 5) is 0.303. The first kappa shape index (κ1) is 14.8. The van der Waals surface area contributed by atoms with E-state index in [-0.39, 0.29) is 0 Å². The van der Waals surface area contributed by atoms with Crippen LogP contribution in [0.15, 0.2) is 65.1 Å². The molecule has 3 rings (SSSR count). The molecule has 0 aromatic heterocycles. The van der Waals surface area contributed by atoms with E-state index in [1.807, 2.05) is 0 Å². The molecule has 3 aromatic carbocycles. The number of alkyl halides is 1. The lowest BCUT2D eigenvalue weighted by atomic mass is 9.98. The predicted octanol–water partition coefficient (Wildman–Crippen LogP) is 6.59. The van der Waals surface area contributed by atoms with Gasteiger partial charge in [-0.1, -0.05) is 92.5 Å². The zero-order valence-corrected chi connectivity index (χ0v) is 15.0. The highest BCUT2D eigenvalue weighted by molar-refractivity contribution is 9.11. The summed E-state index contributed by atoms with van der Waals surface area (Å²) in [7, 11) is 0. The average Bonchev–Trinajstić information content (AvgIpc) is 2.50. The topological polar surface area (TPSA) is 0 Å². The van der Waals surface area contributed by atoms with E-state index in [2.05, 4.69) is 99.4 Å². The number of benzene rings is 3.